The fourth-order valence-electron chi connectivity index (χ4n) is 2.18. The number of aryl methyl sites for hydroxylation is 1. The highest BCUT2D eigenvalue weighted by molar-refractivity contribution is 7.11. The van der Waals surface area contributed by atoms with Crippen molar-refractivity contribution >= 4 is 23.3 Å². The lowest BCUT2D eigenvalue weighted by Crippen LogP contribution is -2.37. The lowest BCUT2D eigenvalue weighted by molar-refractivity contribution is 0.0526. The average molecular weight is 360 g/mol. The number of rotatable bonds is 7. The summed E-state index contributed by atoms with van der Waals surface area (Å²) in [5, 5.41) is 7.65. The molecule has 0 bridgehead atoms. The number of nitrogens with one attached hydrogen (secondary N) is 2. The molecule has 2 rings (SSSR count). The molecule has 25 heavy (non-hydrogen) atoms. The molecule has 0 spiro atoms. The molecule has 0 saturated heterocycles. The minimum absolute atomic E-state index is 0.295. The zero-order chi connectivity index (χ0) is 18.1. The fourth-order valence-corrected chi connectivity index (χ4v) is 2.97. The number of nitrogens with zero attached hydrogens (tertiary/aromatic N) is 2. The molecular formula is C18H24N4O2S. The van der Waals surface area contributed by atoms with Crippen molar-refractivity contribution in [2.24, 2.45) is 4.99 Å². The van der Waals surface area contributed by atoms with Crippen LogP contribution >= 0.6 is 11.3 Å². The van der Waals surface area contributed by atoms with Gasteiger partial charge in [0.25, 0.3) is 0 Å². The number of carbonyl (C=O) groups is 1. The maximum absolute atomic E-state index is 11.6. The molecule has 0 fully saturated rings. The van der Waals surface area contributed by atoms with E-state index in [0.717, 1.165) is 29.5 Å². The van der Waals surface area contributed by atoms with Crippen LogP contribution < -0.4 is 10.6 Å². The Hall–Kier alpha value is -2.41. The van der Waals surface area contributed by atoms with Crippen molar-refractivity contribution in [3.8, 4) is 0 Å². The van der Waals surface area contributed by atoms with Gasteiger partial charge >= 0.3 is 5.97 Å². The van der Waals surface area contributed by atoms with Crippen LogP contribution in [0.2, 0.25) is 0 Å². The first-order chi connectivity index (χ1) is 12.1. The SMILES string of the molecule is CCOC(=O)c1ccc(CNC(=NC)NCCc2ncc(C)s2)cc1. The van der Waals surface area contributed by atoms with Gasteiger partial charge < -0.3 is 15.4 Å². The third kappa shape index (κ3) is 6.19. The number of guanidine groups is 1. The molecule has 7 heteroatoms. The van der Waals surface area contributed by atoms with Gasteiger partial charge in [0.15, 0.2) is 5.96 Å². The van der Waals surface area contributed by atoms with Crippen molar-refractivity contribution in [2.45, 2.75) is 26.8 Å². The van der Waals surface area contributed by atoms with Gasteiger partial charge in [0.1, 0.15) is 0 Å². The Balaban J connectivity index is 1.77. The summed E-state index contributed by atoms with van der Waals surface area (Å²) in [5.41, 5.74) is 1.62. The summed E-state index contributed by atoms with van der Waals surface area (Å²) in [4.78, 5) is 21.4. The van der Waals surface area contributed by atoms with Crippen LogP contribution in [0.1, 0.15) is 32.7 Å². The predicted molar refractivity (Wildman–Crippen MR) is 101 cm³/mol. The van der Waals surface area contributed by atoms with E-state index >= 15 is 0 Å². The molecule has 0 atom stereocenters. The highest BCUT2D eigenvalue weighted by Gasteiger charge is 2.06. The van der Waals surface area contributed by atoms with Crippen LogP contribution in [-0.4, -0.2) is 37.1 Å². The highest BCUT2D eigenvalue weighted by atomic mass is 32.1. The summed E-state index contributed by atoms with van der Waals surface area (Å²) in [5.74, 6) is 0.444. The second kappa shape index (κ2) is 9.78. The summed E-state index contributed by atoms with van der Waals surface area (Å²) in [6, 6.07) is 7.36. The number of aromatic nitrogens is 1. The molecule has 134 valence electrons. The van der Waals surface area contributed by atoms with Crippen molar-refractivity contribution in [1.29, 1.82) is 0 Å². The quantitative estimate of drug-likeness (QED) is 0.451. The van der Waals surface area contributed by atoms with E-state index in [4.69, 9.17) is 4.74 Å². The van der Waals surface area contributed by atoms with Crippen LogP contribution in [0.4, 0.5) is 0 Å². The summed E-state index contributed by atoms with van der Waals surface area (Å²) in [6.45, 7) is 5.63. The summed E-state index contributed by atoms with van der Waals surface area (Å²) < 4.78 is 4.98. The zero-order valence-electron chi connectivity index (χ0n) is 14.8. The maximum atomic E-state index is 11.6. The molecule has 0 amide bonds. The summed E-state index contributed by atoms with van der Waals surface area (Å²) in [6.07, 6.45) is 2.76. The number of esters is 1. The van der Waals surface area contributed by atoms with Gasteiger partial charge in [-0.3, -0.25) is 4.99 Å². The second-order valence-electron chi connectivity index (χ2n) is 5.38. The number of thiazole rings is 1. The monoisotopic (exact) mass is 360 g/mol. The van der Waals surface area contributed by atoms with Crippen LogP contribution in [0.5, 0.6) is 0 Å². The Morgan fingerprint density at radius 3 is 2.64 bits per heavy atom. The van der Waals surface area contributed by atoms with Crippen LogP contribution in [0.3, 0.4) is 0 Å². The molecule has 0 saturated carbocycles. The second-order valence-corrected chi connectivity index (χ2v) is 6.70. The van der Waals surface area contributed by atoms with Crippen molar-refractivity contribution < 1.29 is 9.53 Å². The van der Waals surface area contributed by atoms with Gasteiger partial charge in [-0.25, -0.2) is 9.78 Å². The van der Waals surface area contributed by atoms with E-state index in [2.05, 4.69) is 27.5 Å². The van der Waals surface area contributed by atoms with Crippen molar-refractivity contribution in [3.63, 3.8) is 0 Å². The zero-order valence-corrected chi connectivity index (χ0v) is 15.7. The first-order valence-corrected chi connectivity index (χ1v) is 9.06. The molecule has 6 nitrogen and oxygen atoms in total. The minimum Gasteiger partial charge on any atom is -0.462 e. The summed E-state index contributed by atoms with van der Waals surface area (Å²) >= 11 is 1.72. The Kier molecular flexibility index (Phi) is 7.40. The van der Waals surface area contributed by atoms with Gasteiger partial charge in [-0.05, 0) is 31.5 Å². The fraction of sp³-hybridized carbons (Fsp3) is 0.389. The number of ether oxygens (including phenoxy) is 1. The lowest BCUT2D eigenvalue weighted by Gasteiger charge is -2.11. The van der Waals surface area contributed by atoms with Crippen molar-refractivity contribution in [3.05, 3.63) is 51.5 Å². The molecule has 2 N–H and O–H groups in total. The van der Waals surface area contributed by atoms with E-state index in [1.807, 2.05) is 18.3 Å². The first kappa shape index (κ1) is 18.9. The van der Waals surface area contributed by atoms with Crippen LogP contribution in [-0.2, 0) is 17.7 Å². The van der Waals surface area contributed by atoms with E-state index in [0.29, 0.717) is 18.7 Å². The lowest BCUT2D eigenvalue weighted by atomic mass is 10.1. The third-order valence-corrected chi connectivity index (χ3v) is 4.42. The summed E-state index contributed by atoms with van der Waals surface area (Å²) in [7, 11) is 1.74. The molecule has 0 aliphatic carbocycles. The maximum Gasteiger partial charge on any atom is 0.338 e. The Bertz CT molecular complexity index is 710. The smallest absolute Gasteiger partial charge is 0.338 e. The topological polar surface area (TPSA) is 75.6 Å². The predicted octanol–water partition coefficient (Wildman–Crippen LogP) is 2.54. The van der Waals surface area contributed by atoms with Gasteiger partial charge in [-0.2, -0.15) is 0 Å². The normalized spacial score (nSPS) is 11.2. The van der Waals surface area contributed by atoms with E-state index in [9.17, 15) is 4.79 Å². The molecule has 0 radical (unpaired) electrons. The largest absolute Gasteiger partial charge is 0.462 e. The van der Waals surface area contributed by atoms with E-state index in [1.54, 1.807) is 37.4 Å². The van der Waals surface area contributed by atoms with Gasteiger partial charge in [0.05, 0.1) is 17.2 Å². The first-order valence-electron chi connectivity index (χ1n) is 8.24. The molecule has 1 aromatic carbocycles. The molecule has 1 aromatic heterocycles. The van der Waals surface area contributed by atoms with E-state index < -0.39 is 0 Å². The number of hydrogen-bond donors (Lipinski definition) is 2. The molecule has 1 heterocycles. The Labute approximate surface area is 152 Å². The van der Waals surface area contributed by atoms with Crippen molar-refractivity contribution in [1.82, 2.24) is 15.6 Å². The van der Waals surface area contributed by atoms with E-state index in [1.165, 1.54) is 4.88 Å². The van der Waals surface area contributed by atoms with Gasteiger partial charge in [-0.15, -0.1) is 11.3 Å². The highest BCUT2D eigenvalue weighted by Crippen LogP contribution is 2.11. The minimum atomic E-state index is -0.295. The number of aliphatic imine (C=N–C) groups is 1. The Morgan fingerprint density at radius 1 is 1.28 bits per heavy atom. The van der Waals surface area contributed by atoms with Gasteiger partial charge in [0.2, 0.25) is 0 Å². The number of carbonyl (C=O) groups excluding carboxylic acids is 1. The standard InChI is InChI=1S/C18H24N4O2S/c1-4-24-17(23)15-7-5-14(6-8-15)12-22-18(19-3)20-10-9-16-21-11-13(2)25-16/h5-8,11H,4,9-10,12H2,1-3H3,(H2,19,20,22). The van der Waals surface area contributed by atoms with Gasteiger partial charge in [-0.1, -0.05) is 12.1 Å². The molecular weight excluding hydrogens is 336 g/mol. The molecule has 0 unspecified atom stereocenters. The number of benzene rings is 1. The molecule has 2 aromatic rings. The van der Waals surface area contributed by atoms with Crippen molar-refractivity contribution in [2.75, 3.05) is 20.2 Å². The molecule has 0 aliphatic heterocycles. The van der Waals surface area contributed by atoms with E-state index in [-0.39, 0.29) is 5.97 Å². The number of hydrogen-bond acceptors (Lipinski definition) is 5. The van der Waals surface area contributed by atoms with Crippen LogP contribution in [0.15, 0.2) is 35.5 Å². The Morgan fingerprint density at radius 2 is 2.04 bits per heavy atom. The average Bonchev–Trinajstić information content (AvgIpc) is 3.04. The molecule has 0 aliphatic rings. The van der Waals surface area contributed by atoms with Crippen LogP contribution in [0, 0.1) is 6.92 Å². The van der Waals surface area contributed by atoms with Gasteiger partial charge in [0, 0.05) is 37.6 Å². The third-order valence-electron chi connectivity index (χ3n) is 3.45. The van der Waals surface area contributed by atoms with Crippen LogP contribution in [0.25, 0.3) is 0 Å².